The third-order valence-electron chi connectivity index (χ3n) is 1.40. The van der Waals surface area contributed by atoms with E-state index in [4.69, 9.17) is 11.9 Å². The molecular formula is C8H11ClMgO. The first-order valence-corrected chi connectivity index (χ1v) is 3.48. The molecule has 0 aliphatic heterocycles. The van der Waals surface area contributed by atoms with Gasteiger partial charge in [-0.1, -0.05) is 30.3 Å². The summed E-state index contributed by atoms with van der Waals surface area (Å²) >= 11 is 5.19. The molecule has 1 nitrogen and oxygen atoms in total. The van der Waals surface area contributed by atoms with Crippen LogP contribution in [0.3, 0.4) is 0 Å². The zero-order valence-corrected chi connectivity index (χ0v) is 8.63. The predicted molar refractivity (Wildman–Crippen MR) is 49.8 cm³/mol. The van der Waals surface area contributed by atoms with Crippen LogP contribution >= 0.6 is 11.9 Å². The smallest absolute Gasteiger partial charge is 1.00 e. The van der Waals surface area contributed by atoms with Crippen molar-refractivity contribution in [1.82, 2.24) is 0 Å². The molecule has 1 atom stereocenters. The molecule has 0 heterocycles. The largest absolute Gasteiger partial charge is 2.00 e. The van der Waals surface area contributed by atoms with E-state index in [1.165, 1.54) is 0 Å². The Balaban J connectivity index is -0.000000333. The average molecular weight is 183 g/mol. The molecule has 58 valence electrons. The van der Waals surface area contributed by atoms with Crippen molar-refractivity contribution in [3.63, 3.8) is 0 Å². The van der Waals surface area contributed by atoms with Gasteiger partial charge in [0.1, 0.15) is 6.10 Å². The molecule has 0 amide bonds. The van der Waals surface area contributed by atoms with Gasteiger partial charge in [0.05, 0.1) is 11.9 Å². The molecule has 3 heteroatoms. The van der Waals surface area contributed by atoms with Crippen LogP contribution < -0.4 is 0 Å². The van der Waals surface area contributed by atoms with Gasteiger partial charge < -0.3 is 2.85 Å². The monoisotopic (exact) mass is 182 g/mol. The summed E-state index contributed by atoms with van der Waals surface area (Å²) in [5.41, 5.74) is 1.09. The van der Waals surface area contributed by atoms with Crippen molar-refractivity contribution in [2.75, 3.05) is 0 Å². The maximum Gasteiger partial charge on any atom is 2.00 e. The predicted octanol–water partition coefficient (Wildman–Crippen LogP) is 2.76. The molecule has 0 spiro atoms. The normalized spacial score (nSPS) is 11.8. The molecule has 0 aliphatic rings. The van der Waals surface area contributed by atoms with Gasteiger partial charge in [-0.05, 0) is 12.5 Å². The molecule has 0 aromatic heterocycles. The number of hydrogen-bond donors (Lipinski definition) is 0. The van der Waals surface area contributed by atoms with Gasteiger partial charge in [0.2, 0.25) is 0 Å². The van der Waals surface area contributed by atoms with E-state index in [0.717, 1.165) is 5.56 Å². The van der Waals surface area contributed by atoms with E-state index in [9.17, 15) is 0 Å². The number of halogens is 1. The van der Waals surface area contributed by atoms with Gasteiger partial charge in [-0.25, -0.2) is 0 Å². The van der Waals surface area contributed by atoms with Gasteiger partial charge >= 0.3 is 23.1 Å². The second-order valence-corrected chi connectivity index (χ2v) is 2.32. The summed E-state index contributed by atoms with van der Waals surface area (Å²) in [6, 6.07) is 9.84. The van der Waals surface area contributed by atoms with Crippen LogP contribution in [-0.2, 0) is 4.29 Å². The Morgan fingerprint density at radius 1 is 1.36 bits per heavy atom. The van der Waals surface area contributed by atoms with E-state index >= 15 is 0 Å². The fraction of sp³-hybridized carbons (Fsp3) is 0.250. The van der Waals surface area contributed by atoms with Crippen molar-refractivity contribution >= 4 is 34.9 Å². The van der Waals surface area contributed by atoms with E-state index in [1.807, 2.05) is 37.3 Å². The first-order chi connectivity index (χ1) is 4.84. The SMILES string of the molecule is CC(OCl)c1ccccc1.[H-].[H-].[Mg+2]. The number of benzene rings is 1. The first-order valence-electron chi connectivity index (χ1n) is 3.17. The third-order valence-corrected chi connectivity index (χ3v) is 1.67. The summed E-state index contributed by atoms with van der Waals surface area (Å²) in [4.78, 5) is 0. The second-order valence-electron chi connectivity index (χ2n) is 2.14. The van der Waals surface area contributed by atoms with Gasteiger partial charge in [-0.2, -0.15) is 0 Å². The summed E-state index contributed by atoms with van der Waals surface area (Å²) in [6.07, 6.45) is -0.0251. The summed E-state index contributed by atoms with van der Waals surface area (Å²) in [5.74, 6) is 0. The van der Waals surface area contributed by atoms with Crippen molar-refractivity contribution < 1.29 is 7.14 Å². The maximum atomic E-state index is 5.19. The minimum atomic E-state index is -0.0251. The van der Waals surface area contributed by atoms with Crippen LogP contribution in [0.2, 0.25) is 0 Å². The van der Waals surface area contributed by atoms with Crippen molar-refractivity contribution in [3.8, 4) is 0 Å². The molecule has 0 N–H and O–H groups in total. The van der Waals surface area contributed by atoms with E-state index in [0.29, 0.717) is 0 Å². The van der Waals surface area contributed by atoms with Crippen molar-refractivity contribution in [1.29, 1.82) is 0 Å². The molecule has 0 radical (unpaired) electrons. The zero-order valence-electron chi connectivity index (χ0n) is 8.46. The van der Waals surface area contributed by atoms with Gasteiger partial charge in [-0.3, -0.25) is 4.29 Å². The molecule has 1 unspecified atom stereocenters. The van der Waals surface area contributed by atoms with Gasteiger partial charge in [0, 0.05) is 0 Å². The molecular weight excluding hydrogens is 172 g/mol. The van der Waals surface area contributed by atoms with E-state index < -0.39 is 0 Å². The van der Waals surface area contributed by atoms with Crippen molar-refractivity contribution in [3.05, 3.63) is 35.9 Å². The Hall–Kier alpha value is 0.236. The quantitative estimate of drug-likeness (QED) is 0.640. The van der Waals surface area contributed by atoms with Crippen molar-refractivity contribution in [2.24, 2.45) is 0 Å². The molecule has 0 bridgehead atoms. The van der Waals surface area contributed by atoms with Gasteiger partial charge in [-0.15, -0.1) is 0 Å². The van der Waals surface area contributed by atoms with E-state index in [2.05, 4.69) is 4.29 Å². The van der Waals surface area contributed by atoms with Gasteiger partial charge in [0.25, 0.3) is 0 Å². The molecule has 0 fully saturated rings. The number of hydrogen-bond acceptors (Lipinski definition) is 1. The number of rotatable bonds is 2. The third kappa shape index (κ3) is 3.43. The summed E-state index contributed by atoms with van der Waals surface area (Å²) in [5, 5.41) is 0. The second kappa shape index (κ2) is 5.83. The van der Waals surface area contributed by atoms with Crippen LogP contribution in [0.1, 0.15) is 21.4 Å². The van der Waals surface area contributed by atoms with E-state index in [-0.39, 0.29) is 32.0 Å². The Kier molecular flexibility index (Phi) is 5.96. The molecule has 0 saturated heterocycles. The minimum Gasteiger partial charge on any atom is -1.00 e. The standard InChI is InChI=1S/C8H9ClO.Mg.2H/c1-7(10-9)8-5-3-2-4-6-8;;;/h2-7H,1H3;;;/q;+2;2*-1. The molecule has 1 aromatic carbocycles. The zero-order chi connectivity index (χ0) is 7.40. The summed E-state index contributed by atoms with van der Waals surface area (Å²) in [6.45, 7) is 1.91. The molecule has 0 aliphatic carbocycles. The molecule has 11 heavy (non-hydrogen) atoms. The van der Waals surface area contributed by atoms with Crippen LogP contribution in [0.15, 0.2) is 30.3 Å². The Morgan fingerprint density at radius 2 is 1.91 bits per heavy atom. The van der Waals surface area contributed by atoms with Crippen molar-refractivity contribution in [2.45, 2.75) is 13.0 Å². The van der Waals surface area contributed by atoms with Crippen LogP contribution in [0.25, 0.3) is 0 Å². The van der Waals surface area contributed by atoms with E-state index in [1.54, 1.807) is 0 Å². The first kappa shape index (κ1) is 11.2. The van der Waals surface area contributed by atoms with Crippen LogP contribution in [-0.4, -0.2) is 23.1 Å². The topological polar surface area (TPSA) is 9.23 Å². The Bertz CT molecular complexity index is 199. The average Bonchev–Trinajstić information content (AvgIpc) is 2.05. The van der Waals surface area contributed by atoms with Gasteiger partial charge in [0.15, 0.2) is 0 Å². The van der Waals surface area contributed by atoms with Crippen LogP contribution in [0.5, 0.6) is 0 Å². The summed E-state index contributed by atoms with van der Waals surface area (Å²) < 4.78 is 4.61. The fourth-order valence-corrected chi connectivity index (χ4v) is 0.878. The fourth-order valence-electron chi connectivity index (χ4n) is 0.775. The maximum absolute atomic E-state index is 5.19. The Morgan fingerprint density at radius 3 is 2.36 bits per heavy atom. The Labute approximate surface area is 91.0 Å². The molecule has 0 saturated carbocycles. The minimum absolute atomic E-state index is 0. The molecule has 1 rings (SSSR count). The summed E-state index contributed by atoms with van der Waals surface area (Å²) in [7, 11) is 0. The van der Waals surface area contributed by atoms with Crippen LogP contribution in [0, 0.1) is 0 Å². The molecule has 1 aromatic rings. The van der Waals surface area contributed by atoms with Crippen LogP contribution in [0.4, 0.5) is 0 Å².